The van der Waals surface area contributed by atoms with Gasteiger partial charge in [-0.05, 0) is 44.5 Å². The highest BCUT2D eigenvalue weighted by atomic mass is 32.1. The van der Waals surface area contributed by atoms with Crippen LogP contribution in [-0.2, 0) is 6.54 Å². The summed E-state index contributed by atoms with van der Waals surface area (Å²) < 4.78 is 2.04. The van der Waals surface area contributed by atoms with Crippen LogP contribution in [0.15, 0.2) is 6.07 Å². The van der Waals surface area contributed by atoms with Crippen LogP contribution in [0.1, 0.15) is 31.7 Å². The average molecular weight is 268 g/mol. The zero-order valence-corrected chi connectivity index (χ0v) is 12.6. The van der Waals surface area contributed by atoms with Gasteiger partial charge in [-0.25, -0.2) is 0 Å². The number of thiocarbonyl (C=S) groups is 1. The fourth-order valence-corrected chi connectivity index (χ4v) is 1.88. The molecule has 1 aromatic rings. The van der Waals surface area contributed by atoms with E-state index in [0.29, 0.717) is 5.92 Å². The van der Waals surface area contributed by atoms with Gasteiger partial charge in [-0.3, -0.25) is 4.68 Å². The molecule has 0 fully saturated rings. The van der Waals surface area contributed by atoms with E-state index in [9.17, 15) is 0 Å². The van der Waals surface area contributed by atoms with Crippen molar-refractivity contribution in [1.82, 2.24) is 20.4 Å². The lowest BCUT2D eigenvalue weighted by atomic mass is 10.2. The van der Waals surface area contributed by atoms with Gasteiger partial charge in [0.1, 0.15) is 0 Å². The van der Waals surface area contributed by atoms with E-state index in [2.05, 4.69) is 42.6 Å². The number of nitrogens with zero attached hydrogens (tertiary/aromatic N) is 2. The van der Waals surface area contributed by atoms with Crippen molar-refractivity contribution in [2.24, 2.45) is 5.92 Å². The largest absolute Gasteiger partial charge is 0.363 e. The Morgan fingerprint density at radius 1 is 1.39 bits per heavy atom. The van der Waals surface area contributed by atoms with E-state index in [4.69, 9.17) is 12.2 Å². The maximum atomic E-state index is 5.19. The minimum absolute atomic E-state index is 0.611. The van der Waals surface area contributed by atoms with Gasteiger partial charge in [0.05, 0.1) is 5.69 Å². The van der Waals surface area contributed by atoms with E-state index in [1.54, 1.807) is 0 Å². The summed E-state index contributed by atoms with van der Waals surface area (Å²) in [6.45, 7) is 11.2. The first-order chi connectivity index (χ1) is 8.49. The summed E-state index contributed by atoms with van der Waals surface area (Å²) in [6.07, 6.45) is 1.02. The SMILES string of the molecule is Cc1cc(C)n(CCCNC(=S)NCC(C)C)n1. The van der Waals surface area contributed by atoms with Crippen LogP contribution in [-0.4, -0.2) is 28.0 Å². The summed E-state index contributed by atoms with van der Waals surface area (Å²) in [4.78, 5) is 0. The lowest BCUT2D eigenvalue weighted by Crippen LogP contribution is -2.37. The van der Waals surface area contributed by atoms with Crippen molar-refractivity contribution in [3.63, 3.8) is 0 Å². The van der Waals surface area contributed by atoms with Crippen LogP contribution in [0.4, 0.5) is 0 Å². The average Bonchev–Trinajstić information content (AvgIpc) is 2.60. The van der Waals surface area contributed by atoms with E-state index in [0.717, 1.165) is 36.9 Å². The summed E-state index contributed by atoms with van der Waals surface area (Å²) in [5.74, 6) is 0.611. The summed E-state index contributed by atoms with van der Waals surface area (Å²) in [6, 6.07) is 2.10. The van der Waals surface area contributed by atoms with Gasteiger partial charge < -0.3 is 10.6 Å². The molecule has 0 bridgehead atoms. The van der Waals surface area contributed by atoms with Gasteiger partial charge >= 0.3 is 0 Å². The van der Waals surface area contributed by atoms with Gasteiger partial charge in [0, 0.05) is 25.3 Å². The zero-order chi connectivity index (χ0) is 13.5. The van der Waals surface area contributed by atoms with Crippen LogP contribution < -0.4 is 10.6 Å². The number of rotatable bonds is 6. The summed E-state index contributed by atoms with van der Waals surface area (Å²) in [5.41, 5.74) is 2.29. The topological polar surface area (TPSA) is 41.9 Å². The highest BCUT2D eigenvalue weighted by molar-refractivity contribution is 7.80. The van der Waals surface area contributed by atoms with Crippen molar-refractivity contribution in [1.29, 1.82) is 0 Å². The number of aryl methyl sites for hydroxylation is 3. The summed E-state index contributed by atoms with van der Waals surface area (Å²) >= 11 is 5.19. The second-order valence-electron chi connectivity index (χ2n) is 5.03. The first-order valence-corrected chi connectivity index (χ1v) is 6.92. The Kier molecular flexibility index (Phi) is 6.12. The Morgan fingerprint density at radius 2 is 2.11 bits per heavy atom. The van der Waals surface area contributed by atoms with E-state index in [-0.39, 0.29) is 0 Å². The molecule has 1 heterocycles. The first-order valence-electron chi connectivity index (χ1n) is 6.51. The fraction of sp³-hybridized carbons (Fsp3) is 0.692. The molecule has 18 heavy (non-hydrogen) atoms. The second kappa shape index (κ2) is 7.36. The first kappa shape index (κ1) is 15.0. The van der Waals surface area contributed by atoms with Crippen LogP contribution in [0.5, 0.6) is 0 Å². The van der Waals surface area contributed by atoms with E-state index >= 15 is 0 Å². The van der Waals surface area contributed by atoms with Crippen LogP contribution in [0, 0.1) is 19.8 Å². The van der Waals surface area contributed by atoms with Crippen LogP contribution in [0.25, 0.3) is 0 Å². The number of hydrogen-bond acceptors (Lipinski definition) is 2. The molecule has 0 aromatic carbocycles. The van der Waals surface area contributed by atoms with Crippen molar-refractivity contribution in [3.8, 4) is 0 Å². The Labute approximate surface area is 115 Å². The molecule has 1 aromatic heterocycles. The Morgan fingerprint density at radius 3 is 2.67 bits per heavy atom. The van der Waals surface area contributed by atoms with Crippen LogP contribution in [0.3, 0.4) is 0 Å². The third kappa shape index (κ3) is 5.49. The highest BCUT2D eigenvalue weighted by Gasteiger charge is 2.01. The smallest absolute Gasteiger partial charge is 0.166 e. The number of hydrogen-bond donors (Lipinski definition) is 2. The van der Waals surface area contributed by atoms with Crippen molar-refractivity contribution in [2.75, 3.05) is 13.1 Å². The molecule has 1 rings (SSSR count). The van der Waals surface area contributed by atoms with Crippen molar-refractivity contribution in [2.45, 2.75) is 40.7 Å². The molecule has 5 heteroatoms. The Bertz CT molecular complexity index is 384. The number of aromatic nitrogens is 2. The van der Waals surface area contributed by atoms with E-state index < -0.39 is 0 Å². The number of nitrogens with one attached hydrogen (secondary N) is 2. The fourth-order valence-electron chi connectivity index (χ4n) is 1.69. The Hall–Kier alpha value is -1.10. The monoisotopic (exact) mass is 268 g/mol. The zero-order valence-electron chi connectivity index (χ0n) is 11.8. The van der Waals surface area contributed by atoms with Crippen LogP contribution in [0.2, 0.25) is 0 Å². The van der Waals surface area contributed by atoms with E-state index in [1.807, 2.05) is 11.6 Å². The lowest BCUT2D eigenvalue weighted by Gasteiger charge is -2.12. The molecule has 0 saturated heterocycles. The van der Waals surface area contributed by atoms with Crippen molar-refractivity contribution >= 4 is 17.3 Å². The summed E-state index contributed by atoms with van der Waals surface area (Å²) in [5, 5.41) is 11.6. The molecule has 0 aliphatic carbocycles. The van der Waals surface area contributed by atoms with Crippen molar-refractivity contribution < 1.29 is 0 Å². The molecule has 0 unspecified atom stereocenters. The third-order valence-electron chi connectivity index (χ3n) is 2.61. The van der Waals surface area contributed by atoms with Gasteiger partial charge in [0.15, 0.2) is 5.11 Å². The molecule has 0 amide bonds. The molecular weight excluding hydrogens is 244 g/mol. The summed E-state index contributed by atoms with van der Waals surface area (Å²) in [7, 11) is 0. The predicted octanol–water partition coefficient (Wildman–Crippen LogP) is 2.01. The van der Waals surface area contributed by atoms with Crippen LogP contribution >= 0.6 is 12.2 Å². The molecule has 0 saturated carbocycles. The third-order valence-corrected chi connectivity index (χ3v) is 2.90. The predicted molar refractivity (Wildman–Crippen MR) is 79.8 cm³/mol. The maximum Gasteiger partial charge on any atom is 0.166 e. The molecule has 4 nitrogen and oxygen atoms in total. The van der Waals surface area contributed by atoms with Gasteiger partial charge in [-0.2, -0.15) is 5.10 Å². The van der Waals surface area contributed by atoms with E-state index in [1.165, 1.54) is 5.69 Å². The highest BCUT2D eigenvalue weighted by Crippen LogP contribution is 2.02. The molecule has 0 aliphatic rings. The minimum atomic E-state index is 0.611. The quantitative estimate of drug-likeness (QED) is 0.612. The normalized spacial score (nSPS) is 10.7. The molecule has 0 spiro atoms. The molecule has 0 radical (unpaired) electrons. The Balaban J connectivity index is 2.15. The van der Waals surface area contributed by atoms with Crippen molar-refractivity contribution in [3.05, 3.63) is 17.5 Å². The lowest BCUT2D eigenvalue weighted by molar-refractivity contribution is 0.554. The van der Waals surface area contributed by atoms with Gasteiger partial charge in [-0.1, -0.05) is 13.8 Å². The maximum absolute atomic E-state index is 5.19. The van der Waals surface area contributed by atoms with Gasteiger partial charge in [-0.15, -0.1) is 0 Å². The minimum Gasteiger partial charge on any atom is -0.363 e. The molecule has 0 aliphatic heterocycles. The molecule has 102 valence electrons. The second-order valence-corrected chi connectivity index (χ2v) is 5.44. The molecule has 0 atom stereocenters. The molecule has 2 N–H and O–H groups in total. The van der Waals surface area contributed by atoms with Gasteiger partial charge in [0.25, 0.3) is 0 Å². The molecular formula is C13H24N4S. The standard InChI is InChI=1S/C13H24N4S/c1-10(2)9-15-13(18)14-6-5-7-17-12(4)8-11(3)16-17/h8,10H,5-7,9H2,1-4H3,(H2,14,15,18). The van der Waals surface area contributed by atoms with Gasteiger partial charge in [0.2, 0.25) is 0 Å².